The van der Waals surface area contributed by atoms with Gasteiger partial charge in [0, 0.05) is 12.7 Å². The smallest absolute Gasteiger partial charge is 0.261 e. The maximum Gasteiger partial charge on any atom is 0.261 e. The molecule has 2 aromatic carbocycles. The van der Waals surface area contributed by atoms with Crippen LogP contribution < -0.4 is 14.2 Å². The number of aryl methyl sites for hydroxylation is 2. The average Bonchev–Trinajstić information content (AvgIpc) is 3.24. The van der Waals surface area contributed by atoms with Crippen LogP contribution in [-0.2, 0) is 28.4 Å². The second-order valence-electron chi connectivity index (χ2n) is 8.30. The summed E-state index contributed by atoms with van der Waals surface area (Å²) in [5.41, 5.74) is 2.61. The number of aromatic nitrogens is 2. The van der Waals surface area contributed by atoms with Crippen LogP contribution in [0.1, 0.15) is 38.3 Å². The van der Waals surface area contributed by atoms with Crippen LogP contribution in [0.25, 0.3) is 0 Å². The van der Waals surface area contributed by atoms with Crippen LogP contribution in [0, 0.1) is 0 Å². The Morgan fingerprint density at radius 2 is 1.72 bits per heavy atom. The molecule has 3 rings (SSSR count). The van der Waals surface area contributed by atoms with Crippen LogP contribution >= 0.6 is 0 Å². The number of hydrogen-bond acceptors (Lipinski definition) is 5. The lowest BCUT2D eigenvalue weighted by Crippen LogP contribution is -2.16. The Labute approximate surface area is 190 Å². The summed E-state index contributed by atoms with van der Waals surface area (Å²) in [5.74, 6) is 1.35. The summed E-state index contributed by atoms with van der Waals surface area (Å²) in [6.45, 7) is 7.00. The summed E-state index contributed by atoms with van der Waals surface area (Å²) in [6.07, 6.45) is 4.89. The Kier molecular flexibility index (Phi) is 7.13. The van der Waals surface area contributed by atoms with E-state index in [-0.39, 0.29) is 10.3 Å². The van der Waals surface area contributed by atoms with Gasteiger partial charge in [-0.25, -0.2) is 8.42 Å². The molecule has 0 spiro atoms. The lowest BCUT2D eigenvalue weighted by molar-refractivity contribution is 0.354. The summed E-state index contributed by atoms with van der Waals surface area (Å²) in [4.78, 5) is 0.228. The van der Waals surface area contributed by atoms with Gasteiger partial charge in [0.25, 0.3) is 10.0 Å². The highest BCUT2D eigenvalue weighted by Crippen LogP contribution is 2.29. The zero-order chi connectivity index (χ0) is 23.4. The fourth-order valence-electron chi connectivity index (χ4n) is 3.32. The number of sulfonamides is 1. The summed E-state index contributed by atoms with van der Waals surface area (Å²) < 4.78 is 40.5. The number of nitrogens with zero attached hydrogens (tertiary/aromatic N) is 2. The van der Waals surface area contributed by atoms with E-state index in [2.05, 4.69) is 30.6 Å². The van der Waals surface area contributed by atoms with Crippen molar-refractivity contribution < 1.29 is 17.9 Å². The van der Waals surface area contributed by atoms with Crippen molar-refractivity contribution in [2.45, 2.75) is 50.5 Å². The molecule has 0 unspecified atom stereocenters. The lowest BCUT2D eigenvalue weighted by atomic mass is 9.82. The van der Waals surface area contributed by atoms with Gasteiger partial charge in [0.1, 0.15) is 0 Å². The molecular formula is C24H31N3O4S. The van der Waals surface area contributed by atoms with Crippen LogP contribution in [0.2, 0.25) is 0 Å². The molecule has 0 aliphatic carbocycles. The number of rotatable bonds is 10. The van der Waals surface area contributed by atoms with E-state index in [4.69, 9.17) is 9.47 Å². The summed E-state index contributed by atoms with van der Waals surface area (Å²) in [7, 11) is -0.482. The average molecular weight is 458 g/mol. The molecule has 1 heterocycles. The van der Waals surface area contributed by atoms with Gasteiger partial charge in [-0.05, 0) is 53.6 Å². The van der Waals surface area contributed by atoms with Crippen molar-refractivity contribution in [1.29, 1.82) is 0 Å². The van der Waals surface area contributed by atoms with E-state index < -0.39 is 10.0 Å². The minimum absolute atomic E-state index is 0.00472. The van der Waals surface area contributed by atoms with Crippen LogP contribution in [-0.4, -0.2) is 32.4 Å². The Bertz CT molecular complexity index is 1150. The maximum absolute atomic E-state index is 12.8. The van der Waals surface area contributed by atoms with Gasteiger partial charge in [-0.1, -0.05) is 39.0 Å². The third-order valence-corrected chi connectivity index (χ3v) is 7.19. The van der Waals surface area contributed by atoms with E-state index in [0.29, 0.717) is 30.2 Å². The quantitative estimate of drug-likeness (QED) is 0.480. The second-order valence-corrected chi connectivity index (χ2v) is 9.98. The van der Waals surface area contributed by atoms with E-state index in [1.165, 1.54) is 6.20 Å². The minimum Gasteiger partial charge on any atom is -0.493 e. The highest BCUT2D eigenvalue weighted by atomic mass is 32.2. The van der Waals surface area contributed by atoms with Crippen molar-refractivity contribution in [2.24, 2.45) is 0 Å². The zero-order valence-corrected chi connectivity index (χ0v) is 20.1. The van der Waals surface area contributed by atoms with Gasteiger partial charge >= 0.3 is 0 Å². The molecule has 1 N–H and O–H groups in total. The van der Waals surface area contributed by atoms with Gasteiger partial charge in [0.05, 0.1) is 31.0 Å². The van der Waals surface area contributed by atoms with Crippen molar-refractivity contribution in [1.82, 2.24) is 9.78 Å². The Hall–Kier alpha value is -3.00. The van der Waals surface area contributed by atoms with E-state index in [1.54, 1.807) is 37.2 Å². The van der Waals surface area contributed by atoms with Crippen LogP contribution in [0.5, 0.6) is 11.5 Å². The highest BCUT2D eigenvalue weighted by Gasteiger charge is 2.20. The van der Waals surface area contributed by atoms with E-state index in [1.807, 2.05) is 30.3 Å². The first-order chi connectivity index (χ1) is 15.2. The highest BCUT2D eigenvalue weighted by molar-refractivity contribution is 7.92. The van der Waals surface area contributed by atoms with Crippen molar-refractivity contribution in [2.75, 3.05) is 18.9 Å². The van der Waals surface area contributed by atoms with Crippen molar-refractivity contribution >= 4 is 15.7 Å². The molecule has 1 aromatic heterocycles. The topological polar surface area (TPSA) is 82.5 Å². The molecule has 0 bridgehead atoms. The van der Waals surface area contributed by atoms with Gasteiger partial charge in [-0.2, -0.15) is 5.10 Å². The predicted octanol–water partition coefficient (Wildman–Crippen LogP) is 4.63. The normalized spacial score (nSPS) is 11.9. The van der Waals surface area contributed by atoms with Crippen LogP contribution in [0.15, 0.2) is 59.8 Å². The van der Waals surface area contributed by atoms with Gasteiger partial charge in [0.15, 0.2) is 11.5 Å². The number of nitrogens with one attached hydrogen (secondary N) is 1. The van der Waals surface area contributed by atoms with Crippen LogP contribution in [0.3, 0.4) is 0 Å². The summed E-state index contributed by atoms with van der Waals surface area (Å²) >= 11 is 0. The van der Waals surface area contributed by atoms with Gasteiger partial charge in [0.2, 0.25) is 0 Å². The zero-order valence-electron chi connectivity index (χ0n) is 19.3. The number of methoxy groups -OCH3 is 2. The van der Waals surface area contributed by atoms with Gasteiger partial charge in [-0.3, -0.25) is 9.40 Å². The number of ether oxygens (including phenoxy) is 2. The first-order valence-electron chi connectivity index (χ1n) is 10.5. The molecule has 7 nitrogen and oxygen atoms in total. The first-order valence-corrected chi connectivity index (χ1v) is 12.0. The van der Waals surface area contributed by atoms with Crippen molar-refractivity contribution in [3.8, 4) is 11.5 Å². The Balaban J connectivity index is 1.65. The third-order valence-electron chi connectivity index (χ3n) is 5.79. The van der Waals surface area contributed by atoms with Gasteiger partial charge in [-0.15, -0.1) is 0 Å². The monoisotopic (exact) mass is 457 g/mol. The first kappa shape index (κ1) is 23.7. The van der Waals surface area contributed by atoms with Crippen molar-refractivity contribution in [3.63, 3.8) is 0 Å². The molecule has 0 fully saturated rings. The molecule has 0 saturated carbocycles. The third kappa shape index (κ3) is 5.43. The van der Waals surface area contributed by atoms with E-state index in [9.17, 15) is 8.42 Å². The molecule has 32 heavy (non-hydrogen) atoms. The molecule has 0 atom stereocenters. The minimum atomic E-state index is -3.69. The number of anilines is 1. The summed E-state index contributed by atoms with van der Waals surface area (Å²) in [5, 5.41) is 4.28. The maximum atomic E-state index is 12.8. The Morgan fingerprint density at radius 3 is 2.34 bits per heavy atom. The molecule has 0 radical (unpaired) electrons. The molecule has 0 saturated heterocycles. The van der Waals surface area contributed by atoms with Gasteiger partial charge < -0.3 is 9.47 Å². The number of benzene rings is 2. The SMILES string of the molecule is CCC(C)(C)c1ccc(S(=O)(=O)Nc2cnn(CCc3ccc(OC)c(OC)c3)c2)cc1. The molecule has 0 aliphatic rings. The molecule has 172 valence electrons. The van der Waals surface area contributed by atoms with Crippen molar-refractivity contribution in [3.05, 3.63) is 66.0 Å². The largest absolute Gasteiger partial charge is 0.493 e. The molecule has 0 amide bonds. The standard InChI is InChI=1S/C24H31N3O4S/c1-6-24(2,3)19-8-10-21(11-9-19)32(28,29)26-20-16-25-27(17-20)14-13-18-7-12-22(30-4)23(15-18)31-5/h7-12,15-17,26H,6,13-14H2,1-5H3. The van der Waals surface area contributed by atoms with E-state index >= 15 is 0 Å². The molecule has 0 aliphatic heterocycles. The second kappa shape index (κ2) is 9.65. The molecule has 3 aromatic rings. The summed E-state index contributed by atoms with van der Waals surface area (Å²) in [6, 6.07) is 12.8. The van der Waals surface area contributed by atoms with Crippen LogP contribution in [0.4, 0.5) is 5.69 Å². The fourth-order valence-corrected chi connectivity index (χ4v) is 4.35. The molecule has 8 heteroatoms. The predicted molar refractivity (Wildman–Crippen MR) is 126 cm³/mol. The number of hydrogen-bond donors (Lipinski definition) is 1. The molecular weight excluding hydrogens is 426 g/mol. The fraction of sp³-hybridized carbons (Fsp3) is 0.375. The Morgan fingerprint density at radius 1 is 1.03 bits per heavy atom. The lowest BCUT2D eigenvalue weighted by Gasteiger charge is -2.23. The van der Waals surface area contributed by atoms with E-state index in [0.717, 1.165) is 17.5 Å².